The highest BCUT2D eigenvalue weighted by molar-refractivity contribution is 7.87. The number of rotatable bonds is 2. The van der Waals surface area contributed by atoms with Crippen molar-refractivity contribution >= 4 is 21.5 Å². The molecule has 1 aliphatic heterocycles. The molecular weight excluding hydrogens is 296 g/mol. The second-order valence-electron chi connectivity index (χ2n) is 4.91. The lowest BCUT2D eigenvalue weighted by Gasteiger charge is -2.29. The van der Waals surface area contributed by atoms with Crippen LogP contribution >= 0.6 is 11.3 Å². The van der Waals surface area contributed by atoms with Gasteiger partial charge in [0.2, 0.25) is 0 Å². The average Bonchev–Trinajstić information content (AvgIpc) is 3.01. The number of hydrogen-bond acceptors (Lipinski definition) is 4. The van der Waals surface area contributed by atoms with Crippen LogP contribution in [0, 0.1) is 0 Å². The molecule has 3 rings (SSSR count). The van der Waals surface area contributed by atoms with Gasteiger partial charge in [-0.2, -0.15) is 17.4 Å². The van der Waals surface area contributed by atoms with Gasteiger partial charge < -0.3 is 4.57 Å². The Bertz CT molecular complexity index is 719. The summed E-state index contributed by atoms with van der Waals surface area (Å²) in [5.41, 5.74) is 0.916. The van der Waals surface area contributed by atoms with Gasteiger partial charge in [-0.1, -0.05) is 0 Å². The predicted octanol–water partition coefficient (Wildman–Crippen LogP) is 1.36. The number of nitrogens with one attached hydrogen (secondary N) is 1. The zero-order valence-electron chi connectivity index (χ0n) is 11.3. The Morgan fingerprint density at radius 1 is 1.40 bits per heavy atom. The van der Waals surface area contributed by atoms with E-state index in [0.29, 0.717) is 6.54 Å². The van der Waals surface area contributed by atoms with Crippen molar-refractivity contribution < 1.29 is 8.42 Å². The van der Waals surface area contributed by atoms with E-state index in [-0.39, 0.29) is 6.04 Å². The van der Waals surface area contributed by atoms with E-state index in [1.807, 2.05) is 29.9 Å². The summed E-state index contributed by atoms with van der Waals surface area (Å²) in [5.74, 6) is 0. The molecule has 1 N–H and O–H groups in total. The molecule has 0 aliphatic carbocycles. The highest BCUT2D eigenvalue weighted by Crippen LogP contribution is 2.33. The molecule has 8 heteroatoms. The van der Waals surface area contributed by atoms with Crippen LogP contribution in [0.3, 0.4) is 0 Å². The summed E-state index contributed by atoms with van der Waals surface area (Å²) in [6.07, 6.45) is 4.49. The fraction of sp³-hybridized carbons (Fsp3) is 0.417. The highest BCUT2D eigenvalue weighted by atomic mass is 32.2. The number of aryl methyl sites for hydroxylation is 1. The van der Waals surface area contributed by atoms with E-state index >= 15 is 0 Å². The van der Waals surface area contributed by atoms with Crippen molar-refractivity contribution in [1.29, 1.82) is 0 Å². The van der Waals surface area contributed by atoms with Gasteiger partial charge >= 0.3 is 0 Å². The van der Waals surface area contributed by atoms with E-state index in [1.54, 1.807) is 24.7 Å². The lowest BCUT2D eigenvalue weighted by molar-refractivity contribution is 0.384. The van der Waals surface area contributed by atoms with Crippen molar-refractivity contribution in [3.8, 4) is 10.6 Å². The monoisotopic (exact) mass is 312 g/mol. The summed E-state index contributed by atoms with van der Waals surface area (Å²) in [6.45, 7) is 0.539. The van der Waals surface area contributed by atoms with Gasteiger partial charge in [0.15, 0.2) is 0 Å². The molecule has 1 aliphatic rings. The molecule has 1 atom stereocenters. The maximum atomic E-state index is 11.8. The molecule has 0 unspecified atom stereocenters. The molecule has 2 aromatic heterocycles. The zero-order chi connectivity index (χ0) is 14.3. The van der Waals surface area contributed by atoms with Crippen LogP contribution in [0.1, 0.15) is 17.3 Å². The Morgan fingerprint density at radius 3 is 2.85 bits per heavy atom. The van der Waals surface area contributed by atoms with Gasteiger partial charge in [-0.25, -0.2) is 4.98 Å². The van der Waals surface area contributed by atoms with Crippen LogP contribution in [0.25, 0.3) is 10.6 Å². The third-order valence-corrected chi connectivity index (χ3v) is 6.17. The molecule has 0 spiro atoms. The van der Waals surface area contributed by atoms with E-state index in [2.05, 4.69) is 9.71 Å². The van der Waals surface area contributed by atoms with Gasteiger partial charge in [0.05, 0.1) is 22.9 Å². The number of nitrogens with zero attached hydrogens (tertiary/aromatic N) is 3. The van der Waals surface area contributed by atoms with Gasteiger partial charge in [0, 0.05) is 31.7 Å². The van der Waals surface area contributed by atoms with Gasteiger partial charge in [-0.3, -0.25) is 0 Å². The van der Waals surface area contributed by atoms with Crippen LogP contribution in [0.5, 0.6) is 0 Å². The number of hydrogen-bond donors (Lipinski definition) is 1. The van der Waals surface area contributed by atoms with Crippen molar-refractivity contribution in [3.63, 3.8) is 0 Å². The molecule has 0 radical (unpaired) electrons. The minimum atomic E-state index is -3.34. The lowest BCUT2D eigenvalue weighted by Crippen LogP contribution is -2.46. The van der Waals surface area contributed by atoms with Gasteiger partial charge in [0.1, 0.15) is 0 Å². The van der Waals surface area contributed by atoms with Gasteiger partial charge in [0.25, 0.3) is 10.2 Å². The summed E-state index contributed by atoms with van der Waals surface area (Å²) in [7, 11) is 0.177. The van der Waals surface area contributed by atoms with E-state index in [0.717, 1.165) is 21.9 Å². The fourth-order valence-electron chi connectivity index (χ4n) is 2.18. The number of thiophene rings is 1. The molecule has 6 nitrogen and oxygen atoms in total. The molecule has 108 valence electrons. The third-order valence-electron chi connectivity index (χ3n) is 3.36. The standard InChI is InChI=1S/C12H16N4O2S2/c1-15-7-10(13-8-15)12-4-3-11(19-12)9-5-6-16(2)20(17,18)14-9/h3-4,7-9,14H,5-6H2,1-2H3/t9-/m0/s1. The first-order chi connectivity index (χ1) is 9.45. The Balaban J connectivity index is 1.84. The topological polar surface area (TPSA) is 67.2 Å². The first kappa shape index (κ1) is 13.7. The van der Waals surface area contributed by atoms with E-state index in [1.165, 1.54) is 4.31 Å². The Morgan fingerprint density at radius 2 is 2.20 bits per heavy atom. The molecule has 20 heavy (non-hydrogen) atoms. The summed E-state index contributed by atoms with van der Waals surface area (Å²) in [4.78, 5) is 6.40. The predicted molar refractivity (Wildman–Crippen MR) is 78.6 cm³/mol. The molecule has 0 aromatic carbocycles. The van der Waals surface area contributed by atoms with Crippen molar-refractivity contribution in [2.75, 3.05) is 13.6 Å². The van der Waals surface area contributed by atoms with Crippen LogP contribution in [0.15, 0.2) is 24.7 Å². The summed E-state index contributed by atoms with van der Waals surface area (Å²) >= 11 is 1.59. The van der Waals surface area contributed by atoms with Crippen molar-refractivity contribution in [1.82, 2.24) is 18.6 Å². The minimum Gasteiger partial charge on any atom is -0.340 e. The first-order valence-corrected chi connectivity index (χ1v) is 8.53. The molecular formula is C12H16N4O2S2. The largest absolute Gasteiger partial charge is 0.340 e. The molecule has 0 saturated carbocycles. The Labute approximate surface area is 122 Å². The summed E-state index contributed by atoms with van der Waals surface area (Å²) < 4.78 is 29.6. The highest BCUT2D eigenvalue weighted by Gasteiger charge is 2.30. The molecule has 3 heterocycles. The van der Waals surface area contributed by atoms with Crippen molar-refractivity contribution in [2.45, 2.75) is 12.5 Å². The molecule has 0 amide bonds. The molecule has 1 fully saturated rings. The quantitative estimate of drug-likeness (QED) is 0.910. The fourth-order valence-corrected chi connectivity index (χ4v) is 4.44. The number of imidazole rings is 1. The molecule has 0 bridgehead atoms. The van der Waals surface area contributed by atoms with Crippen LogP contribution in [-0.2, 0) is 17.3 Å². The van der Waals surface area contributed by atoms with Crippen LogP contribution in [0.2, 0.25) is 0 Å². The third kappa shape index (κ3) is 2.51. The smallest absolute Gasteiger partial charge is 0.279 e. The maximum Gasteiger partial charge on any atom is 0.279 e. The van der Waals surface area contributed by atoms with Gasteiger partial charge in [-0.05, 0) is 18.6 Å². The van der Waals surface area contributed by atoms with E-state index in [4.69, 9.17) is 0 Å². The van der Waals surface area contributed by atoms with Crippen molar-refractivity contribution in [3.05, 3.63) is 29.5 Å². The molecule has 1 saturated heterocycles. The summed E-state index contributed by atoms with van der Waals surface area (Å²) in [6, 6.07) is 3.83. The summed E-state index contributed by atoms with van der Waals surface area (Å²) in [5, 5.41) is 0. The normalized spacial score (nSPS) is 23.0. The average molecular weight is 312 g/mol. The van der Waals surface area contributed by atoms with E-state index < -0.39 is 10.2 Å². The van der Waals surface area contributed by atoms with Crippen LogP contribution in [-0.4, -0.2) is 35.9 Å². The first-order valence-electron chi connectivity index (χ1n) is 6.27. The SMILES string of the molecule is CN1CC[C@@H](c2ccc(-c3cn(C)cn3)s2)NS1(=O)=O. The van der Waals surface area contributed by atoms with Gasteiger partial charge in [-0.15, -0.1) is 11.3 Å². The lowest BCUT2D eigenvalue weighted by atomic mass is 10.2. The Kier molecular flexibility index (Phi) is 3.41. The Hall–Kier alpha value is -1.22. The number of aromatic nitrogens is 2. The zero-order valence-corrected chi connectivity index (χ0v) is 12.9. The second kappa shape index (κ2) is 4.96. The molecule has 2 aromatic rings. The second-order valence-corrected chi connectivity index (χ2v) is 7.84. The van der Waals surface area contributed by atoms with E-state index in [9.17, 15) is 8.42 Å². The minimum absolute atomic E-state index is 0.140. The van der Waals surface area contributed by atoms with Crippen LogP contribution < -0.4 is 4.72 Å². The maximum absolute atomic E-state index is 11.8. The van der Waals surface area contributed by atoms with Crippen molar-refractivity contribution in [2.24, 2.45) is 7.05 Å². The van der Waals surface area contributed by atoms with Crippen LogP contribution in [0.4, 0.5) is 0 Å².